The number of aliphatic hydroxyl groups is 2. The van der Waals surface area contributed by atoms with Crippen molar-refractivity contribution in [2.75, 3.05) is 21.0 Å². The lowest BCUT2D eigenvalue weighted by Gasteiger charge is -2.48. The fraction of sp³-hybridized carbons (Fsp3) is 0.321. The molecule has 3 aromatic rings. The number of hydrogen-bond acceptors (Lipinski definition) is 8. The zero-order chi connectivity index (χ0) is 25.7. The lowest BCUT2D eigenvalue weighted by atomic mass is 9.69. The number of methoxy groups -OCH3 is 2. The summed E-state index contributed by atoms with van der Waals surface area (Å²) >= 11 is 0. The molecular formula is C28H27NO8. The first-order chi connectivity index (χ1) is 18.0. The Balaban J connectivity index is 1.48. The van der Waals surface area contributed by atoms with Crippen molar-refractivity contribution in [3.05, 3.63) is 82.4 Å². The molecule has 6 rings (SSSR count). The highest BCUT2D eigenvalue weighted by atomic mass is 16.7. The number of amides is 1. The molecule has 2 N–H and O–H groups in total. The lowest BCUT2D eigenvalue weighted by molar-refractivity contribution is -0.0415. The van der Waals surface area contributed by atoms with E-state index in [2.05, 4.69) is 0 Å². The monoisotopic (exact) mass is 505 g/mol. The number of rotatable bonds is 4. The van der Waals surface area contributed by atoms with Gasteiger partial charge in [-0.1, -0.05) is 36.4 Å². The average molecular weight is 506 g/mol. The Morgan fingerprint density at radius 1 is 0.973 bits per heavy atom. The first-order valence-electron chi connectivity index (χ1n) is 12.0. The van der Waals surface area contributed by atoms with Crippen molar-refractivity contribution in [3.8, 4) is 23.0 Å². The van der Waals surface area contributed by atoms with Crippen LogP contribution in [0.3, 0.4) is 0 Å². The molecule has 0 aromatic heterocycles. The zero-order valence-corrected chi connectivity index (χ0v) is 20.4. The Kier molecular flexibility index (Phi) is 5.81. The molecule has 0 saturated heterocycles. The molecule has 0 bridgehead atoms. The minimum atomic E-state index is -1.21. The van der Waals surface area contributed by atoms with Crippen molar-refractivity contribution in [1.82, 2.24) is 4.90 Å². The van der Waals surface area contributed by atoms with Crippen LogP contribution in [0.25, 0.3) is 0 Å². The summed E-state index contributed by atoms with van der Waals surface area (Å²) in [6, 6.07) is 15.9. The highest BCUT2D eigenvalue weighted by Gasteiger charge is 2.51. The average Bonchev–Trinajstić information content (AvgIpc) is 3.40. The topological polar surface area (TPSA) is 107 Å². The SMILES string of the molecule is COc1ccc2c(c1OC)CN(C(=O)OCc1ccccc1)[C@@H]1c3cc4c(cc3[C@@H](O)[C@H](O)[C@H]21)OCO4. The molecule has 192 valence electrons. The zero-order valence-electron chi connectivity index (χ0n) is 20.4. The van der Waals surface area contributed by atoms with Gasteiger partial charge in [-0.25, -0.2) is 4.79 Å². The second kappa shape index (κ2) is 9.17. The number of nitrogens with zero attached hydrogens (tertiary/aromatic N) is 1. The first kappa shape index (κ1) is 23.4. The highest BCUT2D eigenvalue weighted by Crippen LogP contribution is 2.56. The highest BCUT2D eigenvalue weighted by molar-refractivity contribution is 5.71. The minimum absolute atomic E-state index is 0.0631. The van der Waals surface area contributed by atoms with Crippen molar-refractivity contribution in [2.24, 2.45) is 0 Å². The smallest absolute Gasteiger partial charge is 0.410 e. The normalized spacial score (nSPS) is 23.0. The van der Waals surface area contributed by atoms with Crippen molar-refractivity contribution >= 4 is 6.09 Å². The van der Waals surface area contributed by atoms with Crippen LogP contribution in [0.1, 0.15) is 45.9 Å². The fourth-order valence-electron chi connectivity index (χ4n) is 5.69. The van der Waals surface area contributed by atoms with Crippen LogP contribution in [0.5, 0.6) is 23.0 Å². The molecule has 0 spiro atoms. The summed E-state index contributed by atoms with van der Waals surface area (Å²) in [6.07, 6.45) is -2.96. The second-order valence-electron chi connectivity index (χ2n) is 9.28. The number of hydrogen-bond donors (Lipinski definition) is 2. The van der Waals surface area contributed by atoms with Gasteiger partial charge in [0.2, 0.25) is 6.79 Å². The van der Waals surface area contributed by atoms with E-state index in [0.29, 0.717) is 39.7 Å². The van der Waals surface area contributed by atoms with Crippen LogP contribution in [0.2, 0.25) is 0 Å². The van der Waals surface area contributed by atoms with Gasteiger partial charge in [0.15, 0.2) is 23.0 Å². The standard InChI is InChI=1S/C28H27NO8/c1-33-20-9-8-16-19(27(20)34-2)12-29(28(32)35-13-15-6-4-3-5-7-15)24-17-10-21-22(37-14-36-21)11-18(17)25(30)26(31)23(16)24/h3-11,23-26,30-31H,12-14H2,1-2H3/t23-,24-,25-,26-/m1/s1. The van der Waals surface area contributed by atoms with E-state index in [-0.39, 0.29) is 19.9 Å². The van der Waals surface area contributed by atoms with Crippen LogP contribution in [-0.2, 0) is 17.9 Å². The van der Waals surface area contributed by atoms with Gasteiger partial charge < -0.3 is 33.9 Å². The van der Waals surface area contributed by atoms with E-state index in [1.165, 1.54) is 7.11 Å². The molecule has 4 atom stereocenters. The van der Waals surface area contributed by atoms with Crippen LogP contribution >= 0.6 is 0 Å². The molecule has 9 heteroatoms. The summed E-state index contributed by atoms with van der Waals surface area (Å²) in [4.78, 5) is 15.2. The Labute approximate surface area is 213 Å². The van der Waals surface area contributed by atoms with Gasteiger partial charge in [0.1, 0.15) is 12.7 Å². The van der Waals surface area contributed by atoms with Gasteiger partial charge in [-0.15, -0.1) is 0 Å². The number of carbonyl (C=O) groups excluding carboxylic acids is 1. The Hall–Kier alpha value is -3.95. The van der Waals surface area contributed by atoms with E-state index in [4.69, 9.17) is 23.7 Å². The number of ether oxygens (including phenoxy) is 5. The molecule has 0 saturated carbocycles. The predicted molar refractivity (Wildman–Crippen MR) is 131 cm³/mol. The van der Waals surface area contributed by atoms with E-state index in [1.807, 2.05) is 36.4 Å². The summed E-state index contributed by atoms with van der Waals surface area (Å²) in [5.41, 5.74) is 3.47. The van der Waals surface area contributed by atoms with Crippen LogP contribution in [0, 0.1) is 0 Å². The summed E-state index contributed by atoms with van der Waals surface area (Å²) in [5.74, 6) is 1.33. The van der Waals surface area contributed by atoms with Crippen LogP contribution in [0.4, 0.5) is 4.79 Å². The third kappa shape index (κ3) is 3.73. The van der Waals surface area contributed by atoms with Crippen LogP contribution in [-0.4, -0.2) is 48.3 Å². The molecule has 2 aliphatic heterocycles. The van der Waals surface area contributed by atoms with E-state index in [9.17, 15) is 15.0 Å². The molecule has 0 radical (unpaired) electrons. The van der Waals surface area contributed by atoms with Crippen molar-refractivity contribution in [2.45, 2.75) is 37.3 Å². The first-order valence-corrected chi connectivity index (χ1v) is 12.0. The van der Waals surface area contributed by atoms with Gasteiger partial charge in [0.05, 0.1) is 32.9 Å². The van der Waals surface area contributed by atoms with Crippen molar-refractivity contribution in [1.29, 1.82) is 0 Å². The van der Waals surface area contributed by atoms with Gasteiger partial charge in [-0.05, 0) is 40.5 Å². The Bertz CT molecular complexity index is 1340. The van der Waals surface area contributed by atoms with Crippen LogP contribution < -0.4 is 18.9 Å². The third-order valence-corrected chi connectivity index (χ3v) is 7.39. The molecule has 37 heavy (non-hydrogen) atoms. The number of carbonyl (C=O) groups is 1. The van der Waals surface area contributed by atoms with Crippen LogP contribution in [0.15, 0.2) is 54.6 Å². The molecular weight excluding hydrogens is 478 g/mol. The van der Waals surface area contributed by atoms with E-state index in [1.54, 1.807) is 30.2 Å². The van der Waals surface area contributed by atoms with Gasteiger partial charge in [0, 0.05) is 11.5 Å². The maximum Gasteiger partial charge on any atom is 0.410 e. The van der Waals surface area contributed by atoms with Crippen molar-refractivity contribution in [3.63, 3.8) is 0 Å². The molecule has 3 aromatic carbocycles. The summed E-state index contributed by atoms with van der Waals surface area (Å²) in [7, 11) is 3.07. The largest absolute Gasteiger partial charge is 0.493 e. The van der Waals surface area contributed by atoms with Gasteiger partial charge in [0.25, 0.3) is 0 Å². The molecule has 0 fully saturated rings. The Morgan fingerprint density at radius 2 is 1.70 bits per heavy atom. The number of fused-ring (bicyclic) bond motifs is 6. The maximum atomic E-state index is 13.7. The van der Waals surface area contributed by atoms with Crippen molar-refractivity contribution < 1.29 is 38.7 Å². The molecule has 1 amide bonds. The van der Waals surface area contributed by atoms with E-state index < -0.39 is 30.3 Å². The van der Waals surface area contributed by atoms with E-state index in [0.717, 1.165) is 11.1 Å². The lowest BCUT2D eigenvalue weighted by Crippen LogP contribution is -2.49. The number of aliphatic hydroxyl groups excluding tert-OH is 2. The second-order valence-corrected chi connectivity index (χ2v) is 9.28. The van der Waals surface area contributed by atoms with E-state index >= 15 is 0 Å². The summed E-state index contributed by atoms with van der Waals surface area (Å²) < 4.78 is 28.0. The molecule has 3 aliphatic rings. The molecule has 2 heterocycles. The fourth-order valence-corrected chi connectivity index (χ4v) is 5.69. The van der Waals surface area contributed by atoms with Gasteiger partial charge in [-0.2, -0.15) is 0 Å². The maximum absolute atomic E-state index is 13.7. The van der Waals surface area contributed by atoms with Gasteiger partial charge >= 0.3 is 6.09 Å². The molecule has 0 unspecified atom stereocenters. The molecule has 1 aliphatic carbocycles. The Morgan fingerprint density at radius 3 is 2.41 bits per heavy atom. The third-order valence-electron chi connectivity index (χ3n) is 7.39. The quantitative estimate of drug-likeness (QED) is 0.551. The minimum Gasteiger partial charge on any atom is -0.493 e. The number of benzene rings is 3. The van der Waals surface area contributed by atoms with Gasteiger partial charge in [-0.3, -0.25) is 4.90 Å². The summed E-state index contributed by atoms with van der Waals surface area (Å²) in [5, 5.41) is 22.6. The predicted octanol–water partition coefficient (Wildman–Crippen LogP) is 3.82. The summed E-state index contributed by atoms with van der Waals surface area (Å²) in [6.45, 7) is 0.309. The molecule has 9 nitrogen and oxygen atoms in total.